The summed E-state index contributed by atoms with van der Waals surface area (Å²) in [4.78, 5) is 0.0666. The van der Waals surface area contributed by atoms with Gasteiger partial charge in [-0.2, -0.15) is 0 Å². The topological polar surface area (TPSA) is 46.2 Å². The summed E-state index contributed by atoms with van der Waals surface area (Å²) in [7, 11) is -3.56. The maximum atomic E-state index is 11.9. The van der Waals surface area contributed by atoms with Gasteiger partial charge in [-0.25, -0.2) is 13.1 Å². The highest BCUT2D eigenvalue weighted by molar-refractivity contribution is 7.89. The van der Waals surface area contributed by atoms with Crippen molar-refractivity contribution in [3.05, 3.63) is 28.2 Å². The predicted molar refractivity (Wildman–Crippen MR) is 74.3 cm³/mol. The summed E-state index contributed by atoms with van der Waals surface area (Å²) >= 11 is 11.5. The van der Waals surface area contributed by atoms with Crippen LogP contribution >= 0.6 is 23.2 Å². The van der Waals surface area contributed by atoms with Crippen molar-refractivity contribution in [1.82, 2.24) is 4.72 Å². The minimum atomic E-state index is -3.56. The molecule has 0 spiro atoms. The first-order valence-electron chi connectivity index (χ1n) is 5.35. The summed E-state index contributed by atoms with van der Waals surface area (Å²) in [5, 5.41) is 0.574. The van der Waals surface area contributed by atoms with Gasteiger partial charge in [0.1, 0.15) is 0 Å². The molecule has 1 rings (SSSR count). The molecule has 0 aliphatic rings. The van der Waals surface area contributed by atoms with Crippen LogP contribution in [0.15, 0.2) is 23.1 Å². The Kier molecular flexibility index (Phi) is 5.97. The van der Waals surface area contributed by atoms with Crippen molar-refractivity contribution in [2.45, 2.75) is 24.2 Å². The first-order chi connectivity index (χ1) is 8.45. The third kappa shape index (κ3) is 4.87. The summed E-state index contributed by atoms with van der Waals surface area (Å²) in [6.07, 6.45) is 7.23. The molecule has 0 radical (unpaired) electrons. The zero-order valence-electron chi connectivity index (χ0n) is 9.62. The lowest BCUT2D eigenvalue weighted by Gasteiger charge is -2.07. The van der Waals surface area contributed by atoms with Crippen molar-refractivity contribution in [3.8, 4) is 12.3 Å². The summed E-state index contributed by atoms with van der Waals surface area (Å²) in [6, 6.07) is 4.20. The van der Waals surface area contributed by atoms with E-state index in [0.717, 1.165) is 6.42 Å². The molecule has 0 fully saturated rings. The van der Waals surface area contributed by atoms with Crippen LogP contribution in [0.4, 0.5) is 0 Å². The van der Waals surface area contributed by atoms with Gasteiger partial charge in [-0.1, -0.05) is 23.2 Å². The predicted octanol–water partition coefficient (Wildman–Crippen LogP) is 3.08. The number of hydrogen-bond donors (Lipinski definition) is 1. The third-order valence-corrected chi connectivity index (χ3v) is 4.06. The molecule has 6 heteroatoms. The van der Waals surface area contributed by atoms with E-state index in [2.05, 4.69) is 10.6 Å². The van der Waals surface area contributed by atoms with E-state index >= 15 is 0 Å². The van der Waals surface area contributed by atoms with Gasteiger partial charge >= 0.3 is 0 Å². The van der Waals surface area contributed by atoms with Crippen LogP contribution in [-0.2, 0) is 10.0 Å². The molecule has 98 valence electrons. The number of halogens is 2. The lowest BCUT2D eigenvalue weighted by atomic mass is 10.2. The molecule has 3 nitrogen and oxygen atoms in total. The Hall–Kier alpha value is -0.730. The highest BCUT2D eigenvalue weighted by atomic mass is 35.5. The van der Waals surface area contributed by atoms with E-state index in [1.807, 2.05) is 0 Å². The second-order valence-electron chi connectivity index (χ2n) is 3.66. The molecule has 0 atom stereocenters. The molecule has 0 aliphatic heterocycles. The van der Waals surface area contributed by atoms with E-state index in [1.165, 1.54) is 18.2 Å². The standard InChI is InChI=1S/C12H13Cl2NO2S/c1-2-3-4-5-6-15-18(16,17)12-8-10(13)7-11(14)9-12/h1,7-9,15H,3-6H2. The molecule has 0 heterocycles. The Morgan fingerprint density at radius 2 is 1.78 bits per heavy atom. The summed E-state index contributed by atoms with van der Waals surface area (Å²) in [5.74, 6) is 2.50. The maximum Gasteiger partial charge on any atom is 0.240 e. The van der Waals surface area contributed by atoms with Gasteiger partial charge in [-0.3, -0.25) is 0 Å². The molecule has 0 unspecified atom stereocenters. The molecule has 1 aromatic rings. The second-order valence-corrected chi connectivity index (χ2v) is 6.30. The number of unbranched alkanes of at least 4 members (excludes halogenated alkanes) is 2. The maximum absolute atomic E-state index is 11.9. The van der Waals surface area contributed by atoms with E-state index in [4.69, 9.17) is 29.6 Å². The number of terminal acetylenes is 1. The van der Waals surface area contributed by atoms with Crippen molar-refractivity contribution in [2.75, 3.05) is 6.54 Å². The summed E-state index contributed by atoms with van der Waals surface area (Å²) < 4.78 is 26.3. The fourth-order valence-corrected chi connectivity index (χ4v) is 3.13. The van der Waals surface area contributed by atoms with Gasteiger partial charge in [0.05, 0.1) is 4.90 Å². The van der Waals surface area contributed by atoms with Crippen molar-refractivity contribution >= 4 is 33.2 Å². The fraction of sp³-hybridized carbons (Fsp3) is 0.333. The lowest BCUT2D eigenvalue weighted by Crippen LogP contribution is -2.24. The molecule has 0 aromatic heterocycles. The van der Waals surface area contributed by atoms with Crippen LogP contribution in [0, 0.1) is 12.3 Å². The van der Waals surface area contributed by atoms with Crippen LogP contribution in [0.3, 0.4) is 0 Å². The van der Waals surface area contributed by atoms with Gasteiger partial charge in [0.2, 0.25) is 10.0 Å². The summed E-state index contributed by atoms with van der Waals surface area (Å²) in [6.45, 7) is 0.341. The van der Waals surface area contributed by atoms with E-state index in [-0.39, 0.29) is 14.9 Å². The average molecular weight is 306 g/mol. The number of sulfonamides is 1. The first kappa shape index (κ1) is 15.3. The highest BCUT2D eigenvalue weighted by Gasteiger charge is 2.14. The average Bonchev–Trinajstić information content (AvgIpc) is 2.27. The van der Waals surface area contributed by atoms with Crippen molar-refractivity contribution in [2.24, 2.45) is 0 Å². The minimum Gasteiger partial charge on any atom is -0.211 e. The first-order valence-corrected chi connectivity index (χ1v) is 7.59. The molecule has 1 N–H and O–H groups in total. The Bertz CT molecular complexity index is 529. The van der Waals surface area contributed by atoms with E-state index in [0.29, 0.717) is 19.4 Å². The zero-order chi connectivity index (χ0) is 13.6. The molecule has 0 bridgehead atoms. The smallest absolute Gasteiger partial charge is 0.211 e. The quantitative estimate of drug-likeness (QED) is 0.648. The summed E-state index contributed by atoms with van der Waals surface area (Å²) in [5.41, 5.74) is 0. The fourth-order valence-electron chi connectivity index (χ4n) is 1.33. The van der Waals surface area contributed by atoms with Gasteiger partial charge in [-0.05, 0) is 31.0 Å². The van der Waals surface area contributed by atoms with Crippen LogP contribution in [-0.4, -0.2) is 15.0 Å². The van der Waals surface area contributed by atoms with Crippen molar-refractivity contribution in [3.63, 3.8) is 0 Å². The van der Waals surface area contributed by atoms with E-state index in [1.54, 1.807) is 0 Å². The number of rotatable bonds is 6. The van der Waals surface area contributed by atoms with E-state index < -0.39 is 10.0 Å². The molecule has 0 saturated carbocycles. The highest BCUT2D eigenvalue weighted by Crippen LogP contribution is 2.22. The molecule has 0 saturated heterocycles. The Morgan fingerprint density at radius 1 is 1.17 bits per heavy atom. The van der Waals surface area contributed by atoms with Crippen LogP contribution in [0.2, 0.25) is 10.0 Å². The van der Waals surface area contributed by atoms with Gasteiger partial charge in [-0.15, -0.1) is 12.3 Å². The van der Waals surface area contributed by atoms with Crippen LogP contribution in [0.25, 0.3) is 0 Å². The molecule has 0 aliphatic carbocycles. The molecule has 0 amide bonds. The Morgan fingerprint density at radius 3 is 2.33 bits per heavy atom. The molecular formula is C12H13Cl2NO2S. The van der Waals surface area contributed by atoms with Crippen LogP contribution in [0.5, 0.6) is 0 Å². The van der Waals surface area contributed by atoms with Crippen LogP contribution < -0.4 is 4.72 Å². The van der Waals surface area contributed by atoms with Crippen LogP contribution in [0.1, 0.15) is 19.3 Å². The largest absolute Gasteiger partial charge is 0.240 e. The second kappa shape index (κ2) is 7.01. The van der Waals surface area contributed by atoms with Gasteiger partial charge in [0, 0.05) is 23.0 Å². The van der Waals surface area contributed by atoms with Crippen molar-refractivity contribution in [1.29, 1.82) is 0 Å². The Balaban J connectivity index is 2.66. The number of benzene rings is 1. The monoisotopic (exact) mass is 305 g/mol. The lowest BCUT2D eigenvalue weighted by molar-refractivity contribution is 0.577. The van der Waals surface area contributed by atoms with Gasteiger partial charge < -0.3 is 0 Å². The molecular weight excluding hydrogens is 293 g/mol. The normalized spacial score (nSPS) is 11.2. The van der Waals surface area contributed by atoms with Gasteiger partial charge in [0.25, 0.3) is 0 Å². The molecule has 18 heavy (non-hydrogen) atoms. The Labute approximate surface area is 118 Å². The van der Waals surface area contributed by atoms with E-state index in [9.17, 15) is 8.42 Å². The minimum absolute atomic E-state index is 0.0666. The number of nitrogens with one attached hydrogen (secondary N) is 1. The third-order valence-electron chi connectivity index (χ3n) is 2.19. The SMILES string of the molecule is C#CCCCCNS(=O)(=O)c1cc(Cl)cc(Cl)c1. The van der Waals surface area contributed by atoms with Gasteiger partial charge in [0.15, 0.2) is 0 Å². The molecule has 1 aromatic carbocycles. The zero-order valence-corrected chi connectivity index (χ0v) is 11.9. The van der Waals surface area contributed by atoms with Crippen molar-refractivity contribution < 1.29 is 8.42 Å². The number of hydrogen-bond acceptors (Lipinski definition) is 2.